The Morgan fingerprint density at radius 2 is 1.74 bits per heavy atom. The summed E-state index contributed by atoms with van der Waals surface area (Å²) < 4.78 is 0. The molecule has 2 fully saturated rings. The van der Waals surface area contributed by atoms with Crippen LogP contribution in [0.1, 0.15) is 38.2 Å². The molecule has 2 N–H and O–H groups in total. The van der Waals surface area contributed by atoms with Gasteiger partial charge in [-0.05, 0) is 37.7 Å². The maximum Gasteiger partial charge on any atom is 0.278 e. The van der Waals surface area contributed by atoms with Crippen LogP contribution in [-0.2, 0) is 6.54 Å². The molecule has 1 saturated carbocycles. The molecule has 126 valence electrons. The van der Waals surface area contributed by atoms with Crippen molar-refractivity contribution in [2.24, 2.45) is 5.92 Å². The van der Waals surface area contributed by atoms with Gasteiger partial charge in [-0.2, -0.15) is 0 Å². The second-order valence-electron chi connectivity index (χ2n) is 7.43. The summed E-state index contributed by atoms with van der Waals surface area (Å²) in [6.45, 7) is 7.86. The molecule has 2 aliphatic rings. The lowest BCUT2D eigenvalue weighted by molar-refractivity contribution is -1.03. The Kier molecular flexibility index (Phi) is 5.28. The maximum absolute atomic E-state index is 11.1. The quantitative estimate of drug-likeness (QED) is 0.626. The van der Waals surface area contributed by atoms with Gasteiger partial charge in [0, 0.05) is 6.07 Å². The van der Waals surface area contributed by atoms with Crippen LogP contribution in [0.25, 0.3) is 0 Å². The molecule has 5 heteroatoms. The number of benzene rings is 1. The van der Waals surface area contributed by atoms with Gasteiger partial charge in [-0.25, -0.2) is 0 Å². The van der Waals surface area contributed by atoms with E-state index in [0.29, 0.717) is 0 Å². The van der Waals surface area contributed by atoms with E-state index in [4.69, 9.17) is 0 Å². The zero-order valence-corrected chi connectivity index (χ0v) is 14.1. The fourth-order valence-corrected chi connectivity index (χ4v) is 4.29. The van der Waals surface area contributed by atoms with Crippen LogP contribution in [-0.4, -0.2) is 37.1 Å². The van der Waals surface area contributed by atoms with Crippen molar-refractivity contribution in [2.45, 2.75) is 45.2 Å². The predicted molar refractivity (Wildman–Crippen MR) is 89.6 cm³/mol. The molecule has 0 unspecified atom stereocenters. The van der Waals surface area contributed by atoms with Crippen molar-refractivity contribution in [3.05, 3.63) is 39.9 Å². The topological polar surface area (TPSA) is 52.0 Å². The number of nitrogens with zero attached hydrogens (tertiary/aromatic N) is 1. The van der Waals surface area contributed by atoms with Gasteiger partial charge >= 0.3 is 0 Å². The summed E-state index contributed by atoms with van der Waals surface area (Å²) in [5.41, 5.74) is 1.15. The molecule has 1 aliphatic carbocycles. The highest BCUT2D eigenvalue weighted by Gasteiger charge is 2.32. The summed E-state index contributed by atoms with van der Waals surface area (Å²) in [4.78, 5) is 14.2. The highest BCUT2D eigenvalue weighted by atomic mass is 16.6. The minimum atomic E-state index is -0.251. The fraction of sp³-hybridized carbons (Fsp3) is 0.667. The highest BCUT2D eigenvalue weighted by molar-refractivity contribution is 5.39. The van der Waals surface area contributed by atoms with Gasteiger partial charge in [-0.1, -0.05) is 19.1 Å². The molecule has 0 amide bonds. The lowest BCUT2D eigenvalue weighted by Crippen LogP contribution is -3.29. The van der Waals surface area contributed by atoms with Crippen LogP contribution in [0.3, 0.4) is 0 Å². The Bertz CT molecular complexity index is 533. The Hall–Kier alpha value is -1.46. The number of para-hydroxylation sites is 1. The molecule has 1 aromatic carbocycles. The number of nitrogens with one attached hydrogen (secondary N) is 2. The number of nitro groups is 1. The molecule has 1 saturated heterocycles. The van der Waals surface area contributed by atoms with Crippen LogP contribution >= 0.6 is 0 Å². The van der Waals surface area contributed by atoms with E-state index in [1.807, 2.05) is 12.1 Å². The van der Waals surface area contributed by atoms with Crippen LogP contribution in [0.15, 0.2) is 24.3 Å². The predicted octanol–water partition coefficient (Wildman–Crippen LogP) is 0.457. The normalized spacial score (nSPS) is 31.7. The van der Waals surface area contributed by atoms with Crippen LogP contribution in [0.2, 0.25) is 0 Å². The molecule has 1 heterocycles. The Morgan fingerprint density at radius 1 is 1.09 bits per heavy atom. The van der Waals surface area contributed by atoms with Gasteiger partial charge in [0.2, 0.25) is 0 Å². The molecule has 0 bridgehead atoms. The molecular weight excluding hydrogens is 290 g/mol. The second-order valence-corrected chi connectivity index (χ2v) is 7.43. The minimum Gasteiger partial charge on any atom is -0.323 e. The average molecular weight is 319 g/mol. The summed E-state index contributed by atoms with van der Waals surface area (Å²) in [6.07, 6.45) is 5.55. The van der Waals surface area contributed by atoms with Crippen LogP contribution in [0.5, 0.6) is 0 Å². The van der Waals surface area contributed by atoms with Crippen LogP contribution < -0.4 is 9.80 Å². The van der Waals surface area contributed by atoms with Gasteiger partial charge in [0.1, 0.15) is 32.7 Å². The zero-order chi connectivity index (χ0) is 16.2. The standard InChI is InChI=1S/C18H27N3O2/c1-15-6-8-17(9-7-15)20-12-10-19(11-13-20)14-16-4-2-3-5-18(16)21(22)23/h2-5,15,17H,6-14H2,1H3/p+2. The van der Waals surface area contributed by atoms with E-state index in [-0.39, 0.29) is 10.6 Å². The summed E-state index contributed by atoms with van der Waals surface area (Å²) in [7, 11) is 0. The number of hydrogen-bond donors (Lipinski definition) is 2. The number of hydrogen-bond acceptors (Lipinski definition) is 2. The number of piperazine rings is 1. The van der Waals surface area contributed by atoms with Crippen molar-refractivity contribution < 1.29 is 14.7 Å². The number of nitro benzene ring substituents is 1. The first-order valence-corrected chi connectivity index (χ1v) is 9.04. The SMILES string of the molecule is CC1CCC([NH+]2CC[NH+](Cc3ccccc3[N+](=O)[O-])CC2)CC1. The molecule has 0 aromatic heterocycles. The van der Waals surface area contributed by atoms with Gasteiger partial charge < -0.3 is 9.80 Å². The summed E-state index contributed by atoms with van der Waals surface area (Å²) >= 11 is 0. The van der Waals surface area contributed by atoms with E-state index < -0.39 is 0 Å². The first-order valence-electron chi connectivity index (χ1n) is 9.04. The summed E-state index contributed by atoms with van der Waals surface area (Å²) in [5, 5.41) is 11.1. The largest absolute Gasteiger partial charge is 0.323 e. The molecule has 0 radical (unpaired) electrons. The minimum absolute atomic E-state index is 0.251. The van der Waals surface area contributed by atoms with Gasteiger partial charge in [-0.15, -0.1) is 0 Å². The van der Waals surface area contributed by atoms with Crippen LogP contribution in [0, 0.1) is 16.0 Å². The monoisotopic (exact) mass is 319 g/mol. The maximum atomic E-state index is 11.1. The van der Waals surface area contributed by atoms with E-state index in [1.54, 1.807) is 17.0 Å². The van der Waals surface area contributed by atoms with Crippen molar-refractivity contribution >= 4 is 5.69 Å². The van der Waals surface area contributed by atoms with Crippen molar-refractivity contribution in [2.75, 3.05) is 26.2 Å². The van der Waals surface area contributed by atoms with E-state index >= 15 is 0 Å². The summed E-state index contributed by atoms with van der Waals surface area (Å²) in [5.74, 6) is 0.913. The van der Waals surface area contributed by atoms with E-state index in [1.165, 1.54) is 43.7 Å². The molecule has 0 atom stereocenters. The average Bonchev–Trinajstić information content (AvgIpc) is 2.57. The zero-order valence-electron chi connectivity index (χ0n) is 14.1. The third-order valence-electron chi connectivity index (χ3n) is 5.82. The van der Waals surface area contributed by atoms with Gasteiger partial charge in [-0.3, -0.25) is 10.1 Å². The highest BCUT2D eigenvalue weighted by Crippen LogP contribution is 2.22. The van der Waals surface area contributed by atoms with Gasteiger partial charge in [0.05, 0.1) is 16.5 Å². The first-order chi connectivity index (χ1) is 11.1. The fourth-order valence-electron chi connectivity index (χ4n) is 4.29. The van der Waals surface area contributed by atoms with Gasteiger partial charge in [0.25, 0.3) is 5.69 Å². The van der Waals surface area contributed by atoms with E-state index in [0.717, 1.165) is 37.2 Å². The number of rotatable bonds is 4. The lowest BCUT2D eigenvalue weighted by atomic mass is 9.86. The molecule has 1 aliphatic heterocycles. The molecule has 5 nitrogen and oxygen atoms in total. The number of quaternary nitrogens is 2. The molecule has 0 spiro atoms. The molecule has 1 aromatic rings. The Balaban J connectivity index is 1.53. The summed E-state index contributed by atoms with van der Waals surface area (Å²) in [6, 6.07) is 8.06. The lowest BCUT2D eigenvalue weighted by Gasteiger charge is -2.37. The third-order valence-corrected chi connectivity index (χ3v) is 5.82. The Morgan fingerprint density at radius 3 is 2.39 bits per heavy atom. The molecular formula is C18H29N3O2+2. The van der Waals surface area contributed by atoms with Crippen molar-refractivity contribution in [3.63, 3.8) is 0 Å². The van der Waals surface area contributed by atoms with Crippen LogP contribution in [0.4, 0.5) is 5.69 Å². The van der Waals surface area contributed by atoms with Crippen molar-refractivity contribution in [3.8, 4) is 0 Å². The van der Waals surface area contributed by atoms with Gasteiger partial charge in [0.15, 0.2) is 0 Å². The first kappa shape index (κ1) is 16.4. The third kappa shape index (κ3) is 4.09. The smallest absolute Gasteiger partial charge is 0.278 e. The van der Waals surface area contributed by atoms with E-state index in [9.17, 15) is 10.1 Å². The molecule has 3 rings (SSSR count). The van der Waals surface area contributed by atoms with Crippen molar-refractivity contribution in [1.29, 1.82) is 0 Å². The Labute approximate surface area is 138 Å². The second kappa shape index (κ2) is 7.41. The van der Waals surface area contributed by atoms with E-state index in [2.05, 4.69) is 6.92 Å². The molecule has 23 heavy (non-hydrogen) atoms. The van der Waals surface area contributed by atoms with Crippen molar-refractivity contribution in [1.82, 2.24) is 0 Å².